The molecule has 3 rings (SSSR count). The molecular weight excluding hydrogens is 288 g/mol. The quantitative estimate of drug-likeness (QED) is 0.931. The summed E-state index contributed by atoms with van der Waals surface area (Å²) in [5.41, 5.74) is 0.406. The summed E-state index contributed by atoms with van der Waals surface area (Å²) in [6, 6.07) is 7.87. The highest BCUT2D eigenvalue weighted by molar-refractivity contribution is 5.88. The van der Waals surface area contributed by atoms with Crippen molar-refractivity contribution < 1.29 is 9.53 Å². The number of hydrogen-bond donors (Lipinski definition) is 1. The fourth-order valence-corrected chi connectivity index (χ4v) is 4.09. The maximum Gasteiger partial charge on any atom is 0.232 e. The molecule has 23 heavy (non-hydrogen) atoms. The van der Waals surface area contributed by atoms with Crippen LogP contribution in [0.5, 0.6) is 5.75 Å². The zero-order valence-electron chi connectivity index (χ0n) is 14.5. The van der Waals surface area contributed by atoms with Gasteiger partial charge in [-0.3, -0.25) is 4.79 Å². The van der Waals surface area contributed by atoms with E-state index in [4.69, 9.17) is 4.74 Å². The Hall–Kier alpha value is -1.55. The second-order valence-corrected chi connectivity index (χ2v) is 7.37. The highest BCUT2D eigenvalue weighted by Crippen LogP contribution is 2.35. The number of likely N-dealkylation sites (tertiary alicyclic amines) is 1. The van der Waals surface area contributed by atoms with Gasteiger partial charge in [-0.05, 0) is 57.7 Å². The average Bonchev–Trinajstić information content (AvgIpc) is 2.92. The Bertz CT molecular complexity index is 556. The van der Waals surface area contributed by atoms with E-state index in [0.717, 1.165) is 62.2 Å². The van der Waals surface area contributed by atoms with Gasteiger partial charge in [-0.15, -0.1) is 0 Å². The minimum atomic E-state index is -0.565. The summed E-state index contributed by atoms with van der Waals surface area (Å²) in [6.45, 7) is 8.01. The first kappa shape index (κ1) is 16.3. The Morgan fingerprint density at radius 2 is 1.78 bits per heavy atom. The number of nitrogens with one attached hydrogen (secondary N) is 1. The zero-order chi connectivity index (χ0) is 16.4. The van der Waals surface area contributed by atoms with E-state index in [1.165, 1.54) is 0 Å². The maximum atomic E-state index is 13.2. The molecule has 126 valence electrons. The lowest BCUT2D eigenvalue weighted by molar-refractivity contribution is -0.136. The predicted octanol–water partition coefficient (Wildman–Crippen LogP) is 2.43. The van der Waals surface area contributed by atoms with Crippen molar-refractivity contribution in [1.29, 1.82) is 0 Å². The summed E-state index contributed by atoms with van der Waals surface area (Å²) in [4.78, 5) is 15.3. The second kappa shape index (κ2) is 6.52. The Labute approximate surface area is 139 Å². The summed E-state index contributed by atoms with van der Waals surface area (Å²) in [5, 5.41) is 3.49. The van der Waals surface area contributed by atoms with Gasteiger partial charge in [0.25, 0.3) is 0 Å². The smallest absolute Gasteiger partial charge is 0.232 e. The standard InChI is InChI=1S/C19H28N2O2/c1-19(2,16-6-4-5-7-17(16)23-3)18(22)21-10-8-14-12-20-13-15(14)9-11-21/h4-7,14-15,20H,8-13H2,1-3H3/t14-,15+. The van der Waals surface area contributed by atoms with Gasteiger partial charge in [-0.2, -0.15) is 0 Å². The van der Waals surface area contributed by atoms with E-state index in [2.05, 4.69) is 10.2 Å². The van der Waals surface area contributed by atoms with Gasteiger partial charge in [-0.25, -0.2) is 0 Å². The number of fused-ring (bicyclic) bond motifs is 1. The molecule has 2 aliphatic heterocycles. The van der Waals surface area contributed by atoms with Crippen LogP contribution in [0.1, 0.15) is 32.3 Å². The van der Waals surface area contributed by atoms with Gasteiger partial charge in [0, 0.05) is 18.7 Å². The predicted molar refractivity (Wildman–Crippen MR) is 91.7 cm³/mol. The molecule has 4 nitrogen and oxygen atoms in total. The first-order chi connectivity index (χ1) is 11.0. The van der Waals surface area contributed by atoms with E-state index in [1.807, 2.05) is 38.1 Å². The Morgan fingerprint density at radius 1 is 1.17 bits per heavy atom. The third-order valence-corrected chi connectivity index (χ3v) is 5.62. The van der Waals surface area contributed by atoms with Gasteiger partial charge in [0.2, 0.25) is 5.91 Å². The first-order valence-electron chi connectivity index (χ1n) is 8.67. The third-order valence-electron chi connectivity index (χ3n) is 5.62. The number of rotatable bonds is 3. The van der Waals surface area contributed by atoms with Crippen LogP contribution in [0, 0.1) is 11.8 Å². The molecule has 1 N–H and O–H groups in total. The Morgan fingerprint density at radius 3 is 2.39 bits per heavy atom. The number of para-hydroxylation sites is 1. The number of ether oxygens (including phenoxy) is 1. The van der Waals surface area contributed by atoms with Gasteiger partial charge in [-0.1, -0.05) is 18.2 Å². The Kier molecular flexibility index (Phi) is 4.62. The molecule has 0 unspecified atom stereocenters. The van der Waals surface area contributed by atoms with Gasteiger partial charge >= 0.3 is 0 Å². The fraction of sp³-hybridized carbons (Fsp3) is 0.632. The van der Waals surface area contributed by atoms with Crippen LogP contribution in [0.3, 0.4) is 0 Å². The number of hydrogen-bond acceptors (Lipinski definition) is 3. The van der Waals surface area contributed by atoms with Crippen molar-refractivity contribution in [2.75, 3.05) is 33.3 Å². The summed E-state index contributed by atoms with van der Waals surface area (Å²) in [7, 11) is 1.67. The van der Waals surface area contributed by atoms with Crippen molar-refractivity contribution in [2.24, 2.45) is 11.8 Å². The van der Waals surface area contributed by atoms with Gasteiger partial charge in [0.15, 0.2) is 0 Å². The highest BCUT2D eigenvalue weighted by Gasteiger charge is 2.38. The van der Waals surface area contributed by atoms with E-state index in [-0.39, 0.29) is 5.91 Å². The van der Waals surface area contributed by atoms with Crippen LogP contribution in [0.25, 0.3) is 0 Å². The number of methoxy groups -OCH3 is 1. The number of benzene rings is 1. The van der Waals surface area contributed by atoms with Crippen LogP contribution in [0.15, 0.2) is 24.3 Å². The van der Waals surface area contributed by atoms with Gasteiger partial charge < -0.3 is 15.0 Å². The molecule has 0 aromatic heterocycles. The molecule has 0 saturated carbocycles. The average molecular weight is 316 g/mol. The second-order valence-electron chi connectivity index (χ2n) is 7.37. The maximum absolute atomic E-state index is 13.2. The number of amides is 1. The highest BCUT2D eigenvalue weighted by atomic mass is 16.5. The van der Waals surface area contributed by atoms with Crippen LogP contribution in [-0.4, -0.2) is 44.1 Å². The third kappa shape index (κ3) is 3.09. The molecule has 1 aromatic carbocycles. The molecule has 0 aliphatic carbocycles. The van der Waals surface area contributed by atoms with E-state index < -0.39 is 5.41 Å². The van der Waals surface area contributed by atoms with Crippen molar-refractivity contribution in [1.82, 2.24) is 10.2 Å². The molecule has 1 amide bonds. The summed E-state index contributed by atoms with van der Waals surface area (Å²) in [6.07, 6.45) is 2.23. The van der Waals surface area contributed by atoms with Crippen molar-refractivity contribution in [3.63, 3.8) is 0 Å². The molecule has 0 radical (unpaired) electrons. The number of carbonyl (C=O) groups excluding carboxylic acids is 1. The normalized spacial score (nSPS) is 24.9. The lowest BCUT2D eigenvalue weighted by Gasteiger charge is -2.32. The number of nitrogens with zero attached hydrogens (tertiary/aromatic N) is 1. The molecular formula is C19H28N2O2. The van der Waals surface area contributed by atoms with Crippen LogP contribution in [0.2, 0.25) is 0 Å². The van der Waals surface area contributed by atoms with Crippen molar-refractivity contribution >= 4 is 5.91 Å². The summed E-state index contributed by atoms with van der Waals surface area (Å²) < 4.78 is 5.48. The van der Waals surface area contributed by atoms with E-state index in [0.29, 0.717) is 0 Å². The van der Waals surface area contributed by atoms with Gasteiger partial charge in [0.1, 0.15) is 5.75 Å². The molecule has 2 saturated heterocycles. The lowest BCUT2D eigenvalue weighted by Crippen LogP contribution is -2.44. The molecule has 0 spiro atoms. The van der Waals surface area contributed by atoms with E-state index >= 15 is 0 Å². The molecule has 2 aliphatic rings. The summed E-state index contributed by atoms with van der Waals surface area (Å²) >= 11 is 0. The van der Waals surface area contributed by atoms with E-state index in [9.17, 15) is 4.79 Å². The topological polar surface area (TPSA) is 41.6 Å². The minimum absolute atomic E-state index is 0.218. The van der Waals surface area contributed by atoms with Gasteiger partial charge in [0.05, 0.1) is 12.5 Å². The van der Waals surface area contributed by atoms with Crippen molar-refractivity contribution in [2.45, 2.75) is 32.1 Å². The molecule has 2 fully saturated rings. The summed E-state index contributed by atoms with van der Waals surface area (Å²) in [5.74, 6) is 2.49. The molecule has 4 heteroatoms. The first-order valence-corrected chi connectivity index (χ1v) is 8.67. The van der Waals surface area contributed by atoms with Crippen LogP contribution >= 0.6 is 0 Å². The molecule has 2 atom stereocenters. The Balaban J connectivity index is 1.78. The monoisotopic (exact) mass is 316 g/mol. The van der Waals surface area contributed by atoms with E-state index in [1.54, 1.807) is 7.11 Å². The lowest BCUT2D eigenvalue weighted by atomic mass is 9.82. The van der Waals surface area contributed by atoms with Crippen molar-refractivity contribution in [3.05, 3.63) is 29.8 Å². The number of carbonyl (C=O) groups is 1. The zero-order valence-corrected chi connectivity index (χ0v) is 14.5. The fourth-order valence-electron chi connectivity index (χ4n) is 4.09. The van der Waals surface area contributed by atoms with Crippen molar-refractivity contribution in [3.8, 4) is 5.75 Å². The molecule has 1 aromatic rings. The largest absolute Gasteiger partial charge is 0.496 e. The van der Waals surface area contributed by atoms with Crippen LogP contribution < -0.4 is 10.1 Å². The SMILES string of the molecule is COc1ccccc1C(C)(C)C(=O)N1CC[C@@H]2CNC[C@@H]2CC1. The van der Waals surface area contributed by atoms with Crippen LogP contribution in [-0.2, 0) is 10.2 Å². The van der Waals surface area contributed by atoms with Crippen LogP contribution in [0.4, 0.5) is 0 Å². The molecule has 2 heterocycles. The minimum Gasteiger partial charge on any atom is -0.496 e. The molecule has 0 bridgehead atoms.